The molecule has 1 atom stereocenters. The van der Waals surface area contributed by atoms with Crippen LogP contribution in [0.4, 0.5) is 0 Å². The Labute approximate surface area is 133 Å². The van der Waals surface area contributed by atoms with Crippen LogP contribution in [0.25, 0.3) is 0 Å². The van der Waals surface area contributed by atoms with Crippen molar-refractivity contribution in [3.63, 3.8) is 0 Å². The molecule has 0 heterocycles. The lowest BCUT2D eigenvalue weighted by molar-refractivity contribution is 0.292. The van der Waals surface area contributed by atoms with Crippen LogP contribution < -0.4 is 15.2 Å². The lowest BCUT2D eigenvalue weighted by Gasteiger charge is -2.15. The molecule has 0 radical (unpaired) electrons. The molecule has 0 amide bonds. The van der Waals surface area contributed by atoms with Gasteiger partial charge in [0.15, 0.2) is 0 Å². The number of ether oxygens (including phenoxy) is 2. The first-order valence-corrected chi connectivity index (χ1v) is 7.87. The van der Waals surface area contributed by atoms with E-state index < -0.39 is 0 Å². The van der Waals surface area contributed by atoms with Crippen molar-refractivity contribution in [2.75, 3.05) is 6.61 Å². The normalized spacial score (nSPS) is 12.0. The topological polar surface area (TPSA) is 44.5 Å². The monoisotopic (exact) mass is 299 g/mol. The Hall–Kier alpha value is -2.00. The van der Waals surface area contributed by atoms with Gasteiger partial charge in [0.1, 0.15) is 18.1 Å². The molecular weight excluding hydrogens is 274 g/mol. The van der Waals surface area contributed by atoms with Gasteiger partial charge in [-0.15, -0.1) is 0 Å². The predicted octanol–water partition coefficient (Wildman–Crippen LogP) is 3.94. The number of nitrogens with two attached hydrogens (primary N) is 1. The van der Waals surface area contributed by atoms with Crippen LogP contribution in [0, 0.1) is 0 Å². The Bertz CT molecular complexity index is 567. The summed E-state index contributed by atoms with van der Waals surface area (Å²) in [5, 5.41) is 0. The van der Waals surface area contributed by atoms with Gasteiger partial charge in [-0.05, 0) is 37.0 Å². The van der Waals surface area contributed by atoms with Gasteiger partial charge < -0.3 is 15.2 Å². The van der Waals surface area contributed by atoms with Crippen LogP contribution in [0.2, 0.25) is 0 Å². The van der Waals surface area contributed by atoms with Gasteiger partial charge in [0.05, 0.1) is 6.61 Å². The number of hydrogen-bond donors (Lipinski definition) is 1. The van der Waals surface area contributed by atoms with Gasteiger partial charge >= 0.3 is 0 Å². The van der Waals surface area contributed by atoms with Gasteiger partial charge in [0.25, 0.3) is 0 Å². The molecule has 2 aromatic rings. The molecule has 2 rings (SSSR count). The van der Waals surface area contributed by atoms with Gasteiger partial charge in [0.2, 0.25) is 0 Å². The van der Waals surface area contributed by atoms with E-state index >= 15 is 0 Å². The first kappa shape index (κ1) is 16.4. The van der Waals surface area contributed by atoms with Crippen molar-refractivity contribution in [2.45, 2.75) is 39.3 Å². The average Bonchev–Trinajstić information content (AvgIpc) is 2.53. The molecule has 2 aromatic carbocycles. The third-order valence-corrected chi connectivity index (χ3v) is 3.29. The van der Waals surface area contributed by atoms with Gasteiger partial charge in [-0.1, -0.05) is 43.3 Å². The van der Waals surface area contributed by atoms with Crippen molar-refractivity contribution in [1.82, 2.24) is 0 Å². The van der Waals surface area contributed by atoms with Crippen LogP contribution >= 0.6 is 0 Å². The van der Waals surface area contributed by atoms with E-state index in [-0.39, 0.29) is 6.04 Å². The second-order valence-corrected chi connectivity index (χ2v) is 5.57. The first-order chi connectivity index (χ1) is 10.7. The highest BCUT2D eigenvalue weighted by Gasteiger charge is 2.09. The minimum atomic E-state index is 0.0986. The van der Waals surface area contributed by atoms with Gasteiger partial charge in [0, 0.05) is 12.1 Å². The fourth-order valence-electron chi connectivity index (χ4n) is 2.23. The largest absolute Gasteiger partial charge is 0.493 e. The molecular formula is C19H25NO2. The molecule has 3 heteroatoms. The summed E-state index contributed by atoms with van der Waals surface area (Å²) in [6, 6.07) is 16.3. The van der Waals surface area contributed by atoms with E-state index in [2.05, 4.69) is 25.1 Å². The van der Waals surface area contributed by atoms with Crippen molar-refractivity contribution >= 4 is 0 Å². The minimum Gasteiger partial charge on any atom is -0.493 e. The highest BCUT2D eigenvalue weighted by atomic mass is 16.5. The molecule has 0 aliphatic heterocycles. The van der Waals surface area contributed by atoms with E-state index in [9.17, 15) is 0 Å². The van der Waals surface area contributed by atoms with Gasteiger partial charge in [-0.25, -0.2) is 0 Å². The third-order valence-electron chi connectivity index (χ3n) is 3.29. The number of hydrogen-bond acceptors (Lipinski definition) is 3. The summed E-state index contributed by atoms with van der Waals surface area (Å²) in [4.78, 5) is 0. The molecule has 0 aliphatic carbocycles. The fraction of sp³-hybridized carbons (Fsp3) is 0.368. The predicted molar refractivity (Wildman–Crippen MR) is 90.4 cm³/mol. The first-order valence-electron chi connectivity index (χ1n) is 7.87. The van der Waals surface area contributed by atoms with E-state index in [0.29, 0.717) is 13.2 Å². The van der Waals surface area contributed by atoms with Crippen LogP contribution in [0.3, 0.4) is 0 Å². The summed E-state index contributed by atoms with van der Waals surface area (Å²) in [6.07, 6.45) is 1.78. The van der Waals surface area contributed by atoms with E-state index in [1.54, 1.807) is 0 Å². The quantitative estimate of drug-likeness (QED) is 0.803. The fourth-order valence-corrected chi connectivity index (χ4v) is 2.23. The molecule has 118 valence electrons. The third kappa shape index (κ3) is 5.08. The molecule has 1 unspecified atom stereocenters. The zero-order valence-corrected chi connectivity index (χ0v) is 13.4. The maximum absolute atomic E-state index is 6.01. The van der Waals surface area contributed by atoms with E-state index in [1.165, 1.54) is 0 Å². The lowest BCUT2D eigenvalue weighted by Crippen LogP contribution is -2.18. The standard InChI is InChI=1S/C19H25NO2/c1-3-11-21-18-10-9-17(12-15(2)20)19(13-18)22-14-16-7-5-4-6-8-16/h4-10,13,15H,3,11-12,14,20H2,1-2H3. The van der Waals surface area contributed by atoms with Gasteiger partial charge in [-0.3, -0.25) is 0 Å². The Morgan fingerprint density at radius 1 is 1.05 bits per heavy atom. The van der Waals surface area contributed by atoms with Crippen molar-refractivity contribution in [2.24, 2.45) is 5.73 Å². The maximum atomic E-state index is 6.01. The summed E-state index contributed by atoms with van der Waals surface area (Å²) >= 11 is 0. The number of benzene rings is 2. The molecule has 0 aliphatic rings. The van der Waals surface area contributed by atoms with Crippen LogP contribution in [0.1, 0.15) is 31.4 Å². The Morgan fingerprint density at radius 2 is 1.82 bits per heavy atom. The Kier molecular flexibility index (Phi) is 6.28. The average molecular weight is 299 g/mol. The summed E-state index contributed by atoms with van der Waals surface area (Å²) in [5.74, 6) is 1.70. The molecule has 3 nitrogen and oxygen atoms in total. The highest BCUT2D eigenvalue weighted by molar-refractivity contribution is 5.41. The summed E-state index contributed by atoms with van der Waals surface area (Å²) in [5.41, 5.74) is 8.20. The molecule has 0 aromatic heterocycles. The maximum Gasteiger partial charge on any atom is 0.126 e. The van der Waals surface area contributed by atoms with Crippen LogP contribution in [0.15, 0.2) is 48.5 Å². The lowest BCUT2D eigenvalue weighted by atomic mass is 10.1. The number of rotatable bonds is 8. The second kappa shape index (κ2) is 8.44. The minimum absolute atomic E-state index is 0.0986. The van der Waals surface area contributed by atoms with E-state index in [0.717, 1.165) is 35.5 Å². The van der Waals surface area contributed by atoms with Crippen LogP contribution in [-0.4, -0.2) is 12.6 Å². The van der Waals surface area contributed by atoms with Crippen molar-refractivity contribution in [3.8, 4) is 11.5 Å². The molecule has 0 saturated carbocycles. The Balaban J connectivity index is 2.13. The summed E-state index contributed by atoms with van der Waals surface area (Å²) in [6.45, 7) is 5.36. The highest BCUT2D eigenvalue weighted by Crippen LogP contribution is 2.27. The zero-order valence-electron chi connectivity index (χ0n) is 13.4. The van der Waals surface area contributed by atoms with Crippen molar-refractivity contribution in [3.05, 3.63) is 59.7 Å². The van der Waals surface area contributed by atoms with Crippen LogP contribution in [-0.2, 0) is 13.0 Å². The van der Waals surface area contributed by atoms with Gasteiger partial charge in [-0.2, -0.15) is 0 Å². The molecule has 22 heavy (non-hydrogen) atoms. The van der Waals surface area contributed by atoms with Crippen LogP contribution in [0.5, 0.6) is 11.5 Å². The Morgan fingerprint density at radius 3 is 2.50 bits per heavy atom. The summed E-state index contributed by atoms with van der Waals surface area (Å²) in [7, 11) is 0. The van der Waals surface area contributed by atoms with E-state index in [4.69, 9.17) is 15.2 Å². The van der Waals surface area contributed by atoms with Crippen molar-refractivity contribution in [1.29, 1.82) is 0 Å². The smallest absolute Gasteiger partial charge is 0.126 e. The van der Waals surface area contributed by atoms with Crippen molar-refractivity contribution < 1.29 is 9.47 Å². The summed E-state index contributed by atoms with van der Waals surface area (Å²) < 4.78 is 11.7. The molecule has 0 saturated heterocycles. The molecule has 2 N–H and O–H groups in total. The zero-order chi connectivity index (χ0) is 15.8. The SMILES string of the molecule is CCCOc1ccc(CC(C)N)c(OCc2ccccc2)c1. The molecule has 0 spiro atoms. The van der Waals surface area contributed by atoms with E-state index in [1.807, 2.05) is 37.3 Å². The second-order valence-electron chi connectivity index (χ2n) is 5.57. The molecule has 0 bridgehead atoms. The molecule has 0 fully saturated rings.